The molecular weight excluding hydrogens is 492 g/mol. The van der Waals surface area contributed by atoms with Gasteiger partial charge in [0.2, 0.25) is 0 Å². The molecule has 0 bridgehead atoms. The van der Waals surface area contributed by atoms with Crippen LogP contribution in [0.3, 0.4) is 0 Å². The van der Waals surface area contributed by atoms with E-state index < -0.39 is 63.4 Å². The van der Waals surface area contributed by atoms with Crippen molar-refractivity contribution in [3.8, 4) is 5.69 Å². The Labute approximate surface area is 193 Å². The Bertz CT molecular complexity index is 1250. The number of methoxy groups -OCH3 is 1. The van der Waals surface area contributed by atoms with Crippen molar-refractivity contribution in [3.63, 3.8) is 0 Å². The third-order valence-corrected chi connectivity index (χ3v) is 5.20. The van der Waals surface area contributed by atoms with E-state index >= 15 is 0 Å². The van der Waals surface area contributed by atoms with Crippen molar-refractivity contribution in [2.24, 2.45) is 13.0 Å². The summed E-state index contributed by atoms with van der Waals surface area (Å²) in [4.78, 5) is 49.3. The molecule has 0 amide bonds. The fourth-order valence-corrected chi connectivity index (χ4v) is 3.12. The lowest BCUT2D eigenvalue weighted by Gasteiger charge is -2.17. The molecule has 1 aromatic carbocycles. The zero-order chi connectivity index (χ0) is 25.4. The summed E-state index contributed by atoms with van der Waals surface area (Å²) in [7, 11) is 1.79. The van der Waals surface area contributed by atoms with E-state index in [-0.39, 0.29) is 27.7 Å². The molecule has 14 heteroatoms. The average molecular weight is 509 g/mol. The summed E-state index contributed by atoms with van der Waals surface area (Å²) < 4.78 is 68.6. The summed E-state index contributed by atoms with van der Waals surface area (Å²) in [5.41, 5.74) is -6.04. The Morgan fingerprint density at radius 1 is 1.21 bits per heavy atom. The molecule has 1 saturated carbocycles. The number of hydrogen-bond acceptors (Lipinski definition) is 7. The fraction of sp³-hybridized carbons (Fsp3) is 0.400. The number of benzene rings is 1. The molecule has 3 rings (SSSR count). The predicted molar refractivity (Wildman–Crippen MR) is 107 cm³/mol. The normalized spacial score (nSPS) is 14.6. The Kier molecular flexibility index (Phi) is 7.17. The lowest BCUT2D eigenvalue weighted by molar-refractivity contribution is -0.179. The van der Waals surface area contributed by atoms with Gasteiger partial charge in [-0.2, -0.15) is 13.2 Å². The lowest BCUT2D eigenvalue weighted by Crippen LogP contribution is -2.41. The minimum Gasteiger partial charge on any atom is -0.461 e. The molecule has 0 radical (unpaired) electrons. The van der Waals surface area contributed by atoms with Gasteiger partial charge in [-0.05, 0) is 30.9 Å². The van der Waals surface area contributed by atoms with Gasteiger partial charge in [-0.1, -0.05) is 11.6 Å². The molecule has 184 valence electrons. The van der Waals surface area contributed by atoms with E-state index in [0.717, 1.165) is 27.0 Å². The van der Waals surface area contributed by atoms with Crippen LogP contribution in [0.5, 0.6) is 0 Å². The molecule has 1 unspecified atom stereocenters. The van der Waals surface area contributed by atoms with Crippen molar-refractivity contribution in [1.82, 2.24) is 9.13 Å². The van der Waals surface area contributed by atoms with Crippen LogP contribution in [0.25, 0.3) is 5.69 Å². The summed E-state index contributed by atoms with van der Waals surface area (Å²) in [6.45, 7) is 0.109. The largest absolute Gasteiger partial charge is 0.461 e. The quantitative estimate of drug-likeness (QED) is 0.321. The zero-order valence-corrected chi connectivity index (χ0v) is 18.4. The van der Waals surface area contributed by atoms with E-state index in [0.29, 0.717) is 12.1 Å². The van der Waals surface area contributed by atoms with Crippen molar-refractivity contribution in [2.45, 2.75) is 25.3 Å². The highest BCUT2D eigenvalue weighted by Crippen LogP contribution is 2.29. The van der Waals surface area contributed by atoms with Gasteiger partial charge in [-0.15, -0.1) is 0 Å². The van der Waals surface area contributed by atoms with E-state index in [1.807, 2.05) is 0 Å². The number of carbonyl (C=O) groups excluding carboxylic acids is 2. The first-order valence-corrected chi connectivity index (χ1v) is 10.0. The van der Waals surface area contributed by atoms with Crippen LogP contribution in [0.4, 0.5) is 17.6 Å². The van der Waals surface area contributed by atoms with Gasteiger partial charge < -0.3 is 14.2 Å². The smallest absolute Gasteiger partial charge is 0.431 e. The van der Waals surface area contributed by atoms with Crippen LogP contribution in [0, 0.1) is 11.7 Å². The van der Waals surface area contributed by atoms with Crippen LogP contribution in [0.2, 0.25) is 5.02 Å². The molecule has 0 saturated heterocycles. The molecule has 1 atom stereocenters. The number of rotatable bonds is 7. The maximum atomic E-state index is 14.6. The van der Waals surface area contributed by atoms with Crippen molar-refractivity contribution in [1.29, 1.82) is 0 Å². The van der Waals surface area contributed by atoms with Crippen molar-refractivity contribution in [2.75, 3.05) is 13.7 Å². The van der Waals surface area contributed by atoms with Gasteiger partial charge in [0.15, 0.2) is 0 Å². The van der Waals surface area contributed by atoms with Crippen molar-refractivity contribution >= 4 is 23.5 Å². The third-order valence-electron chi connectivity index (χ3n) is 4.89. The van der Waals surface area contributed by atoms with Gasteiger partial charge in [0.25, 0.3) is 5.56 Å². The fourth-order valence-electron chi connectivity index (χ4n) is 2.89. The Hall–Kier alpha value is -3.19. The summed E-state index contributed by atoms with van der Waals surface area (Å²) in [5.74, 6) is -3.38. The topological polar surface area (TPSA) is 106 Å². The van der Waals surface area contributed by atoms with E-state index in [1.165, 1.54) is 0 Å². The zero-order valence-electron chi connectivity index (χ0n) is 17.7. The molecule has 0 N–H and O–H groups in total. The third kappa shape index (κ3) is 5.30. The van der Waals surface area contributed by atoms with E-state index in [1.54, 1.807) is 0 Å². The van der Waals surface area contributed by atoms with Gasteiger partial charge in [0, 0.05) is 20.2 Å². The second-order valence-electron chi connectivity index (χ2n) is 7.37. The number of carbonyl (C=O) groups is 2. The molecule has 34 heavy (non-hydrogen) atoms. The number of ether oxygens (including phenoxy) is 3. The van der Waals surface area contributed by atoms with Gasteiger partial charge in [-0.3, -0.25) is 9.36 Å². The minimum atomic E-state index is -5.02. The van der Waals surface area contributed by atoms with Crippen molar-refractivity contribution < 1.29 is 41.4 Å². The maximum absolute atomic E-state index is 14.6. The Balaban J connectivity index is 1.97. The highest BCUT2D eigenvalue weighted by atomic mass is 35.5. The number of esters is 2. The van der Waals surface area contributed by atoms with Crippen molar-refractivity contribution in [3.05, 3.63) is 61.1 Å². The predicted octanol–water partition coefficient (Wildman–Crippen LogP) is 2.43. The van der Waals surface area contributed by atoms with Crippen LogP contribution in [0.1, 0.15) is 28.9 Å². The Morgan fingerprint density at radius 3 is 2.41 bits per heavy atom. The molecule has 1 heterocycles. The van der Waals surface area contributed by atoms with E-state index in [2.05, 4.69) is 0 Å². The first-order valence-electron chi connectivity index (χ1n) is 9.65. The second kappa shape index (κ2) is 9.58. The summed E-state index contributed by atoms with van der Waals surface area (Å²) >= 11 is 5.88. The number of hydrogen-bond donors (Lipinski definition) is 0. The molecule has 0 aliphatic heterocycles. The summed E-state index contributed by atoms with van der Waals surface area (Å²) in [6.07, 6.45) is -5.04. The van der Waals surface area contributed by atoms with Gasteiger partial charge in [0.05, 0.1) is 22.9 Å². The van der Waals surface area contributed by atoms with Crippen LogP contribution in [-0.4, -0.2) is 41.1 Å². The monoisotopic (exact) mass is 508 g/mol. The lowest BCUT2D eigenvalue weighted by atomic mass is 10.2. The maximum Gasteiger partial charge on any atom is 0.431 e. The second-order valence-corrected chi connectivity index (χ2v) is 7.78. The Morgan fingerprint density at radius 2 is 1.85 bits per heavy atom. The van der Waals surface area contributed by atoms with Crippen LogP contribution in [0.15, 0.2) is 27.8 Å². The van der Waals surface area contributed by atoms with Crippen LogP contribution in [-0.2, 0) is 32.2 Å². The number of alkyl halides is 3. The molecule has 1 fully saturated rings. The number of halogens is 5. The average Bonchev–Trinajstić information content (AvgIpc) is 3.57. The highest BCUT2D eigenvalue weighted by Gasteiger charge is 2.35. The summed E-state index contributed by atoms with van der Waals surface area (Å²) in [5, 5.41) is -0.524. The van der Waals surface area contributed by atoms with E-state index in [9.17, 15) is 36.7 Å². The first kappa shape index (κ1) is 25.4. The molecule has 0 spiro atoms. The van der Waals surface area contributed by atoms with Crippen LogP contribution < -0.4 is 11.2 Å². The summed E-state index contributed by atoms with van der Waals surface area (Å²) in [6, 6.07) is 1.30. The van der Waals surface area contributed by atoms with Gasteiger partial charge in [0.1, 0.15) is 11.5 Å². The van der Waals surface area contributed by atoms with Gasteiger partial charge >= 0.3 is 30.1 Å². The number of nitrogens with zero attached hydrogens (tertiary/aromatic N) is 2. The number of aromatic nitrogens is 2. The molecule has 1 aliphatic rings. The minimum absolute atomic E-state index is 0.0926. The van der Waals surface area contributed by atoms with Gasteiger partial charge in [-0.25, -0.2) is 23.3 Å². The first-order chi connectivity index (χ1) is 15.8. The highest BCUT2D eigenvalue weighted by molar-refractivity contribution is 6.33. The molecular formula is C20H17ClF4N2O7. The standard InChI is InChI=1S/C20H17ClF4N2O7/c1-26-14(20(23,24)25)7-15(28)27(19(26)31)13-5-10(11(21)6-12(13)22)16(29)34-18(32-2)17(30)33-8-9-3-4-9/h5-7,9,18H,3-4,8H2,1-2H3. The van der Waals surface area contributed by atoms with Crippen LogP contribution >= 0.6 is 11.6 Å². The molecule has 1 aromatic heterocycles. The molecule has 1 aliphatic carbocycles. The van der Waals surface area contributed by atoms with E-state index in [4.69, 9.17) is 25.8 Å². The molecule has 9 nitrogen and oxygen atoms in total. The molecule has 2 aromatic rings. The SMILES string of the molecule is COC(OC(=O)c1cc(-n2c(=O)cc(C(F)(F)F)n(C)c2=O)c(F)cc1Cl)C(=O)OCC1CC1.